The van der Waals surface area contributed by atoms with Crippen LogP contribution in [0.25, 0.3) is 22.2 Å². The van der Waals surface area contributed by atoms with Gasteiger partial charge in [-0.05, 0) is 30.3 Å². The van der Waals surface area contributed by atoms with Crippen molar-refractivity contribution in [2.75, 3.05) is 7.05 Å². The van der Waals surface area contributed by atoms with E-state index in [1.165, 1.54) is 17.5 Å². The van der Waals surface area contributed by atoms with Crippen molar-refractivity contribution in [3.63, 3.8) is 0 Å². The number of ketones is 1. The minimum atomic E-state index is 0.0306. The number of carbonyl (C=O) groups is 1. The first kappa shape index (κ1) is 16.8. The second kappa shape index (κ2) is 6.65. The van der Waals surface area contributed by atoms with Crippen LogP contribution in [0.4, 0.5) is 0 Å². The van der Waals surface area contributed by atoms with Crippen LogP contribution >= 0.6 is 0 Å². The van der Waals surface area contributed by atoms with Crippen LogP contribution in [0.2, 0.25) is 0 Å². The van der Waals surface area contributed by atoms with Crippen LogP contribution in [0.1, 0.15) is 27.3 Å². The van der Waals surface area contributed by atoms with E-state index in [4.69, 9.17) is 4.42 Å². The van der Waals surface area contributed by atoms with Crippen molar-refractivity contribution >= 4 is 16.7 Å². The summed E-state index contributed by atoms with van der Waals surface area (Å²) in [5, 5.41) is 0.917. The lowest BCUT2D eigenvalue weighted by atomic mass is 10.0. The Labute approximate surface area is 161 Å². The summed E-state index contributed by atoms with van der Waals surface area (Å²) in [4.78, 5) is 27.9. The number of oxazole rings is 1. The molecule has 5 rings (SSSR count). The Balaban J connectivity index is 1.42. The second-order valence-corrected chi connectivity index (χ2v) is 7.18. The summed E-state index contributed by atoms with van der Waals surface area (Å²) in [6, 6.07) is 11.8. The first-order chi connectivity index (χ1) is 13.7. The van der Waals surface area contributed by atoms with Gasteiger partial charge in [0.2, 0.25) is 0 Å². The maximum atomic E-state index is 12.8. The maximum absolute atomic E-state index is 12.8. The van der Waals surface area contributed by atoms with Gasteiger partial charge in [-0.15, -0.1) is 0 Å². The molecule has 28 heavy (non-hydrogen) atoms. The fraction of sp³-hybridized carbons (Fsp3) is 0.182. The lowest BCUT2D eigenvalue weighted by molar-refractivity contribution is 0.0991. The van der Waals surface area contributed by atoms with Gasteiger partial charge in [0.1, 0.15) is 5.82 Å². The molecule has 0 bridgehead atoms. The highest BCUT2D eigenvalue weighted by Crippen LogP contribution is 2.24. The third-order valence-corrected chi connectivity index (χ3v) is 5.08. The summed E-state index contributed by atoms with van der Waals surface area (Å²) < 4.78 is 5.35. The van der Waals surface area contributed by atoms with Gasteiger partial charge in [0, 0.05) is 35.8 Å². The van der Waals surface area contributed by atoms with Crippen LogP contribution < -0.4 is 0 Å². The highest BCUT2D eigenvalue weighted by Gasteiger charge is 2.18. The lowest BCUT2D eigenvalue weighted by Gasteiger charge is -2.05. The Morgan fingerprint density at radius 2 is 2.00 bits per heavy atom. The quantitative estimate of drug-likeness (QED) is 0.511. The Morgan fingerprint density at radius 1 is 1.11 bits per heavy atom. The summed E-state index contributed by atoms with van der Waals surface area (Å²) in [5.74, 6) is 1.23. The van der Waals surface area contributed by atoms with Gasteiger partial charge in [-0.2, -0.15) is 0 Å². The SMILES string of the molecule is CN1Cc2ccc(C(=O)Cc3ncc4ccc(-c5cnco5)cc4n3)cc2C1. The molecule has 138 valence electrons. The predicted molar refractivity (Wildman–Crippen MR) is 105 cm³/mol. The minimum Gasteiger partial charge on any atom is -0.444 e. The zero-order chi connectivity index (χ0) is 19.1. The number of hydrogen-bond donors (Lipinski definition) is 0. The van der Waals surface area contributed by atoms with Gasteiger partial charge in [-0.25, -0.2) is 15.0 Å². The average Bonchev–Trinajstić information content (AvgIpc) is 3.35. The van der Waals surface area contributed by atoms with E-state index in [-0.39, 0.29) is 12.2 Å². The van der Waals surface area contributed by atoms with Crippen LogP contribution in [0.15, 0.2) is 59.6 Å². The first-order valence-electron chi connectivity index (χ1n) is 9.14. The Morgan fingerprint density at radius 3 is 2.86 bits per heavy atom. The molecule has 4 aromatic rings. The number of rotatable bonds is 4. The van der Waals surface area contributed by atoms with Crippen LogP contribution in [-0.4, -0.2) is 32.7 Å². The fourth-order valence-electron chi connectivity index (χ4n) is 3.64. The van der Waals surface area contributed by atoms with Crippen LogP contribution in [0, 0.1) is 0 Å². The van der Waals surface area contributed by atoms with Crippen molar-refractivity contribution in [1.29, 1.82) is 0 Å². The molecule has 0 amide bonds. The van der Waals surface area contributed by atoms with Gasteiger partial charge < -0.3 is 4.42 Å². The number of Topliss-reactive ketones (excluding diaryl/α,β-unsaturated/α-hetero) is 1. The summed E-state index contributed by atoms with van der Waals surface area (Å²) in [7, 11) is 2.08. The lowest BCUT2D eigenvalue weighted by Crippen LogP contribution is -2.08. The minimum absolute atomic E-state index is 0.0306. The van der Waals surface area contributed by atoms with Gasteiger partial charge in [-0.3, -0.25) is 9.69 Å². The van der Waals surface area contributed by atoms with Gasteiger partial charge >= 0.3 is 0 Å². The molecule has 0 N–H and O–H groups in total. The highest BCUT2D eigenvalue weighted by atomic mass is 16.3. The van der Waals surface area contributed by atoms with E-state index in [0.717, 1.165) is 29.6 Å². The molecule has 0 saturated carbocycles. The molecule has 1 aliphatic rings. The third-order valence-electron chi connectivity index (χ3n) is 5.08. The molecule has 0 atom stereocenters. The Kier molecular flexibility index (Phi) is 3.98. The van der Waals surface area contributed by atoms with Crippen LogP contribution in [0.5, 0.6) is 0 Å². The van der Waals surface area contributed by atoms with Gasteiger partial charge in [0.05, 0.1) is 18.1 Å². The molecule has 2 aromatic carbocycles. The van der Waals surface area contributed by atoms with Gasteiger partial charge in [-0.1, -0.05) is 24.3 Å². The number of fused-ring (bicyclic) bond motifs is 2. The maximum Gasteiger partial charge on any atom is 0.181 e. The van der Waals surface area contributed by atoms with Crippen molar-refractivity contribution in [3.8, 4) is 11.3 Å². The van der Waals surface area contributed by atoms with Crippen LogP contribution in [0.3, 0.4) is 0 Å². The topological polar surface area (TPSA) is 72.1 Å². The van der Waals surface area contributed by atoms with Gasteiger partial charge in [0.25, 0.3) is 0 Å². The highest BCUT2D eigenvalue weighted by molar-refractivity contribution is 5.97. The molecule has 6 heteroatoms. The van der Waals surface area contributed by atoms with Crippen molar-refractivity contribution in [3.05, 3.63) is 77.7 Å². The van der Waals surface area contributed by atoms with E-state index in [1.807, 2.05) is 30.3 Å². The van der Waals surface area contributed by atoms with E-state index in [9.17, 15) is 4.79 Å². The van der Waals surface area contributed by atoms with Crippen molar-refractivity contribution in [2.45, 2.75) is 19.5 Å². The monoisotopic (exact) mass is 370 g/mol. The fourth-order valence-corrected chi connectivity index (χ4v) is 3.64. The molecule has 0 spiro atoms. The zero-order valence-electron chi connectivity index (χ0n) is 15.4. The van der Waals surface area contributed by atoms with E-state index < -0.39 is 0 Å². The van der Waals surface area contributed by atoms with Crippen molar-refractivity contribution < 1.29 is 9.21 Å². The molecule has 3 heterocycles. The number of carbonyl (C=O) groups excluding carboxylic acids is 1. The van der Waals surface area contributed by atoms with E-state index in [2.05, 4.69) is 33.0 Å². The molecule has 0 radical (unpaired) electrons. The number of nitrogens with zero attached hydrogens (tertiary/aromatic N) is 4. The molecule has 0 aliphatic carbocycles. The molecule has 6 nitrogen and oxygen atoms in total. The molecule has 0 unspecified atom stereocenters. The number of aromatic nitrogens is 3. The molecule has 0 saturated heterocycles. The zero-order valence-corrected chi connectivity index (χ0v) is 15.4. The van der Waals surface area contributed by atoms with Gasteiger partial charge in [0.15, 0.2) is 17.9 Å². The Bertz CT molecular complexity index is 1180. The molecule has 1 aliphatic heterocycles. The molecular weight excluding hydrogens is 352 g/mol. The van der Waals surface area contributed by atoms with E-state index in [1.54, 1.807) is 12.4 Å². The first-order valence-corrected chi connectivity index (χ1v) is 9.14. The standard InChI is InChI=1S/C22H18N4O2/c1-26-11-17-5-2-14(6-18(17)12-26)20(27)8-22-24-9-16-4-3-15(7-19(16)25-22)21-10-23-13-28-21/h2-7,9-10,13H,8,11-12H2,1H3. The third kappa shape index (κ3) is 3.08. The van der Waals surface area contributed by atoms with E-state index >= 15 is 0 Å². The summed E-state index contributed by atoms with van der Waals surface area (Å²) in [6.07, 6.45) is 5.00. The number of hydrogen-bond acceptors (Lipinski definition) is 6. The molecule has 0 fully saturated rings. The molecule has 2 aromatic heterocycles. The Hall–Kier alpha value is -3.38. The molecular formula is C22H18N4O2. The predicted octanol–water partition coefficient (Wildman–Crippen LogP) is 3.66. The summed E-state index contributed by atoms with van der Waals surface area (Å²) in [6.45, 7) is 1.82. The summed E-state index contributed by atoms with van der Waals surface area (Å²) in [5.41, 5.74) is 4.91. The van der Waals surface area contributed by atoms with E-state index in [0.29, 0.717) is 17.1 Å². The average molecular weight is 370 g/mol. The van der Waals surface area contributed by atoms with Crippen LogP contribution in [-0.2, 0) is 19.5 Å². The van der Waals surface area contributed by atoms with Crippen molar-refractivity contribution in [1.82, 2.24) is 19.9 Å². The largest absolute Gasteiger partial charge is 0.444 e. The van der Waals surface area contributed by atoms with Crippen molar-refractivity contribution in [2.24, 2.45) is 0 Å². The number of benzene rings is 2. The second-order valence-electron chi connectivity index (χ2n) is 7.18. The smallest absolute Gasteiger partial charge is 0.181 e. The summed E-state index contributed by atoms with van der Waals surface area (Å²) >= 11 is 0. The normalized spacial score (nSPS) is 13.8.